The average Bonchev–Trinajstić information content (AvgIpc) is 2.15. The zero-order valence-electron chi connectivity index (χ0n) is 7.87. The van der Waals surface area contributed by atoms with Crippen molar-refractivity contribution in [1.29, 1.82) is 0 Å². The molecule has 1 aromatic rings. The van der Waals surface area contributed by atoms with E-state index in [1.807, 2.05) is 38.1 Å². The van der Waals surface area contributed by atoms with Crippen LogP contribution < -0.4 is 0 Å². The van der Waals surface area contributed by atoms with Crippen LogP contribution in [-0.4, -0.2) is 5.78 Å². The first-order valence-corrected chi connectivity index (χ1v) is 4.22. The highest BCUT2D eigenvalue weighted by Crippen LogP contribution is 2.04. The monoisotopic (exact) mass is 172 g/mol. The molecule has 0 spiro atoms. The Labute approximate surface area is 78.4 Å². The molecule has 0 aromatic heterocycles. The molecule has 1 nitrogen and oxygen atoms in total. The summed E-state index contributed by atoms with van der Waals surface area (Å²) in [5.74, 6) is -0.00176. The summed E-state index contributed by atoms with van der Waals surface area (Å²) in [6.45, 7) is 3.83. The lowest BCUT2D eigenvalue weighted by Gasteiger charge is -1.94. The first-order valence-electron chi connectivity index (χ1n) is 4.22. The molecule has 0 aliphatic rings. The van der Waals surface area contributed by atoms with Gasteiger partial charge in [0.1, 0.15) is 0 Å². The summed E-state index contributed by atoms with van der Waals surface area (Å²) < 4.78 is 0. The van der Waals surface area contributed by atoms with Crippen LogP contribution in [0.3, 0.4) is 0 Å². The Hall–Kier alpha value is -1.59. The Kier molecular flexibility index (Phi) is 3.24. The van der Waals surface area contributed by atoms with Crippen molar-refractivity contribution in [3.63, 3.8) is 0 Å². The molecule has 0 amide bonds. The van der Waals surface area contributed by atoms with E-state index < -0.39 is 0 Å². The van der Waals surface area contributed by atoms with Crippen molar-refractivity contribution < 1.29 is 4.79 Å². The van der Waals surface area contributed by atoms with Gasteiger partial charge in [-0.2, -0.15) is 0 Å². The molecule has 0 aliphatic heterocycles. The number of benzene rings is 1. The molecular weight excluding hydrogens is 160 g/mol. The molecule has 0 radical (unpaired) electrons. The molecule has 0 fully saturated rings. The minimum atomic E-state index is -0.00176. The summed E-state index contributed by atoms with van der Waals surface area (Å²) >= 11 is 0. The van der Waals surface area contributed by atoms with Gasteiger partial charge in [0.2, 0.25) is 0 Å². The lowest BCUT2D eigenvalue weighted by molar-refractivity contribution is 0.104. The summed E-state index contributed by atoms with van der Waals surface area (Å²) in [5.41, 5.74) is 4.63. The van der Waals surface area contributed by atoms with Crippen LogP contribution in [0, 0.1) is 6.92 Å². The molecular formula is C12H12O. The zero-order valence-corrected chi connectivity index (χ0v) is 7.87. The molecule has 0 aliphatic carbocycles. The van der Waals surface area contributed by atoms with E-state index in [0.29, 0.717) is 5.56 Å². The fourth-order valence-electron chi connectivity index (χ4n) is 0.960. The maximum absolute atomic E-state index is 11.4. The van der Waals surface area contributed by atoms with Gasteiger partial charge in [-0.1, -0.05) is 29.8 Å². The molecule has 0 heterocycles. The number of ketones is 1. The highest BCUT2D eigenvalue weighted by Gasteiger charge is 1.98. The third-order valence-electron chi connectivity index (χ3n) is 1.72. The second-order valence-electron chi connectivity index (χ2n) is 2.83. The normalized spacial score (nSPS) is 8.77. The first kappa shape index (κ1) is 9.50. The quantitative estimate of drug-likeness (QED) is 0.381. The minimum absolute atomic E-state index is 0.00176. The maximum atomic E-state index is 11.4. The van der Waals surface area contributed by atoms with Gasteiger partial charge in [-0.05, 0) is 19.9 Å². The van der Waals surface area contributed by atoms with Crippen LogP contribution in [-0.2, 0) is 0 Å². The molecule has 13 heavy (non-hydrogen) atoms. The molecule has 1 heteroatoms. The van der Waals surface area contributed by atoms with Gasteiger partial charge in [-0.25, -0.2) is 0 Å². The van der Waals surface area contributed by atoms with E-state index in [4.69, 9.17) is 0 Å². The number of carbonyl (C=O) groups is 1. The van der Waals surface area contributed by atoms with E-state index in [2.05, 4.69) is 5.73 Å². The molecule has 0 N–H and O–H groups in total. The van der Waals surface area contributed by atoms with E-state index in [0.717, 1.165) is 5.56 Å². The summed E-state index contributed by atoms with van der Waals surface area (Å²) in [6.07, 6.45) is 3.16. The number of rotatable bonds is 2. The van der Waals surface area contributed by atoms with Crippen LogP contribution in [0.4, 0.5) is 0 Å². The van der Waals surface area contributed by atoms with Crippen molar-refractivity contribution in [2.45, 2.75) is 13.8 Å². The van der Waals surface area contributed by atoms with Gasteiger partial charge in [0.25, 0.3) is 0 Å². The molecule has 1 aromatic carbocycles. The van der Waals surface area contributed by atoms with Gasteiger partial charge < -0.3 is 0 Å². The predicted octanol–water partition coefficient (Wildman–Crippen LogP) is 2.91. The number of aryl methyl sites for hydroxylation is 1. The Bertz CT molecular complexity index is 351. The highest BCUT2D eigenvalue weighted by atomic mass is 16.1. The van der Waals surface area contributed by atoms with Gasteiger partial charge in [0, 0.05) is 11.6 Å². The average molecular weight is 172 g/mol. The lowest BCUT2D eigenvalue weighted by Crippen LogP contribution is -1.92. The second-order valence-corrected chi connectivity index (χ2v) is 2.83. The number of carbonyl (C=O) groups excluding carboxylic acids is 1. The highest BCUT2D eigenvalue weighted by molar-refractivity contribution is 6.04. The van der Waals surface area contributed by atoms with Crippen LogP contribution in [0.5, 0.6) is 0 Å². The van der Waals surface area contributed by atoms with Crippen molar-refractivity contribution in [3.8, 4) is 0 Å². The Balaban J connectivity index is 2.90. The van der Waals surface area contributed by atoms with E-state index in [1.54, 1.807) is 6.08 Å². The van der Waals surface area contributed by atoms with E-state index >= 15 is 0 Å². The van der Waals surface area contributed by atoms with Crippen LogP contribution in [0.25, 0.3) is 0 Å². The smallest absolute Gasteiger partial charge is 0.193 e. The molecule has 0 unspecified atom stereocenters. The zero-order chi connectivity index (χ0) is 9.68. The summed E-state index contributed by atoms with van der Waals surface area (Å²) in [5, 5.41) is 0. The molecule has 1 rings (SSSR count). The largest absolute Gasteiger partial charge is 0.289 e. The molecule has 0 bridgehead atoms. The summed E-state index contributed by atoms with van der Waals surface area (Å²) in [6, 6.07) is 7.50. The van der Waals surface area contributed by atoms with E-state index in [1.165, 1.54) is 6.08 Å². The third-order valence-corrected chi connectivity index (χ3v) is 1.72. The molecule has 66 valence electrons. The Morgan fingerprint density at radius 3 is 2.46 bits per heavy atom. The molecule has 0 saturated carbocycles. The van der Waals surface area contributed by atoms with Crippen LogP contribution in [0.15, 0.2) is 42.1 Å². The van der Waals surface area contributed by atoms with E-state index in [-0.39, 0.29) is 5.78 Å². The second kappa shape index (κ2) is 4.44. The van der Waals surface area contributed by atoms with Gasteiger partial charge in [-0.3, -0.25) is 4.79 Å². The fraction of sp³-hybridized carbons (Fsp3) is 0.167. The lowest BCUT2D eigenvalue weighted by atomic mass is 10.1. The summed E-state index contributed by atoms with van der Waals surface area (Å²) in [4.78, 5) is 11.4. The first-order chi connectivity index (χ1) is 6.24. The summed E-state index contributed by atoms with van der Waals surface area (Å²) in [7, 11) is 0. The topological polar surface area (TPSA) is 17.1 Å². The number of hydrogen-bond acceptors (Lipinski definition) is 1. The standard InChI is InChI=1S/C12H12O/c1-3-4-5-12(13)11-8-6-10(2)7-9-11/h3,5-9H,1-2H3. The van der Waals surface area contributed by atoms with Gasteiger partial charge in [0.05, 0.1) is 0 Å². The molecule has 0 saturated heterocycles. The van der Waals surface area contributed by atoms with Crippen molar-refractivity contribution in [2.75, 3.05) is 0 Å². The minimum Gasteiger partial charge on any atom is -0.289 e. The SMILES string of the molecule is CC=C=CC(=O)c1ccc(C)cc1. The predicted molar refractivity (Wildman–Crippen MR) is 53.8 cm³/mol. The Morgan fingerprint density at radius 1 is 1.31 bits per heavy atom. The van der Waals surface area contributed by atoms with E-state index in [9.17, 15) is 4.79 Å². The Morgan fingerprint density at radius 2 is 1.92 bits per heavy atom. The maximum Gasteiger partial charge on any atom is 0.193 e. The van der Waals surface area contributed by atoms with Crippen molar-refractivity contribution >= 4 is 5.78 Å². The van der Waals surface area contributed by atoms with Gasteiger partial charge in [0.15, 0.2) is 5.78 Å². The van der Waals surface area contributed by atoms with Gasteiger partial charge >= 0.3 is 0 Å². The van der Waals surface area contributed by atoms with Crippen molar-refractivity contribution in [3.05, 3.63) is 53.3 Å². The third kappa shape index (κ3) is 2.73. The van der Waals surface area contributed by atoms with Crippen molar-refractivity contribution in [1.82, 2.24) is 0 Å². The van der Waals surface area contributed by atoms with Crippen molar-refractivity contribution in [2.24, 2.45) is 0 Å². The number of allylic oxidation sites excluding steroid dienone is 1. The fourth-order valence-corrected chi connectivity index (χ4v) is 0.960. The van der Waals surface area contributed by atoms with Crippen LogP contribution in [0.1, 0.15) is 22.8 Å². The van der Waals surface area contributed by atoms with Crippen LogP contribution >= 0.6 is 0 Å². The molecule has 0 atom stereocenters. The number of hydrogen-bond donors (Lipinski definition) is 0. The van der Waals surface area contributed by atoms with Crippen LogP contribution in [0.2, 0.25) is 0 Å². The van der Waals surface area contributed by atoms with Gasteiger partial charge in [-0.15, -0.1) is 5.73 Å².